The van der Waals surface area contributed by atoms with Crippen molar-refractivity contribution < 1.29 is 4.79 Å². The Morgan fingerprint density at radius 3 is 2.95 bits per heavy atom. The van der Waals surface area contributed by atoms with Crippen LogP contribution in [-0.2, 0) is 11.2 Å². The molecule has 1 amide bonds. The number of rotatable bonds is 4. The highest BCUT2D eigenvalue weighted by Gasteiger charge is 2.27. The zero-order chi connectivity index (χ0) is 14.8. The highest BCUT2D eigenvalue weighted by molar-refractivity contribution is 5.84. The van der Waals surface area contributed by atoms with Crippen LogP contribution in [0.25, 0.3) is 10.9 Å². The van der Waals surface area contributed by atoms with Crippen molar-refractivity contribution in [3.05, 3.63) is 36.0 Å². The van der Waals surface area contributed by atoms with Crippen molar-refractivity contribution in [3.8, 4) is 0 Å². The van der Waals surface area contributed by atoms with Gasteiger partial charge in [0.25, 0.3) is 0 Å². The van der Waals surface area contributed by atoms with Gasteiger partial charge in [0.05, 0.1) is 0 Å². The van der Waals surface area contributed by atoms with E-state index in [9.17, 15) is 4.79 Å². The van der Waals surface area contributed by atoms with Crippen LogP contribution in [0.5, 0.6) is 0 Å². The molecule has 1 aromatic heterocycles. The van der Waals surface area contributed by atoms with Crippen molar-refractivity contribution in [2.24, 2.45) is 0 Å². The average molecular weight is 285 g/mol. The van der Waals surface area contributed by atoms with Gasteiger partial charge in [0, 0.05) is 42.7 Å². The minimum atomic E-state index is 0.282. The number of fused-ring (bicyclic) bond motifs is 1. The first-order valence-corrected chi connectivity index (χ1v) is 7.64. The number of carbonyl (C=O) groups is 1. The van der Waals surface area contributed by atoms with Crippen LogP contribution in [0.2, 0.25) is 0 Å². The molecule has 1 aliphatic rings. The normalized spacial score (nSPS) is 18.8. The Morgan fingerprint density at radius 1 is 1.38 bits per heavy atom. The number of carbonyl (C=O) groups excluding carboxylic acids is 1. The van der Waals surface area contributed by atoms with Crippen molar-refractivity contribution in [1.82, 2.24) is 14.8 Å². The van der Waals surface area contributed by atoms with Gasteiger partial charge in [-0.25, -0.2) is 0 Å². The van der Waals surface area contributed by atoms with E-state index >= 15 is 0 Å². The number of nitrogens with one attached hydrogen (secondary N) is 1. The molecule has 1 aromatic carbocycles. The van der Waals surface area contributed by atoms with Gasteiger partial charge in [-0.15, -0.1) is 0 Å². The Bertz CT molecular complexity index is 632. The smallest absolute Gasteiger partial charge is 0.222 e. The van der Waals surface area contributed by atoms with Gasteiger partial charge in [-0.1, -0.05) is 18.2 Å². The number of aryl methyl sites for hydroxylation is 1. The molecule has 0 bridgehead atoms. The molecule has 2 aromatic rings. The van der Waals surface area contributed by atoms with Crippen molar-refractivity contribution >= 4 is 16.8 Å². The lowest BCUT2D eigenvalue weighted by Gasteiger charge is -2.20. The number of para-hydroxylation sites is 1. The van der Waals surface area contributed by atoms with E-state index in [0.717, 1.165) is 31.4 Å². The molecule has 4 nitrogen and oxygen atoms in total. The summed E-state index contributed by atoms with van der Waals surface area (Å²) in [7, 11) is 4.18. The van der Waals surface area contributed by atoms with Crippen molar-refractivity contribution in [2.45, 2.75) is 25.3 Å². The molecular weight excluding hydrogens is 262 g/mol. The molecule has 1 fully saturated rings. The zero-order valence-corrected chi connectivity index (χ0v) is 12.8. The molecule has 0 saturated carbocycles. The molecule has 1 N–H and O–H groups in total. The van der Waals surface area contributed by atoms with Crippen molar-refractivity contribution in [1.29, 1.82) is 0 Å². The van der Waals surface area contributed by atoms with Crippen LogP contribution in [0.15, 0.2) is 30.5 Å². The molecule has 3 rings (SSSR count). The van der Waals surface area contributed by atoms with Crippen LogP contribution in [0.1, 0.15) is 18.4 Å². The lowest BCUT2D eigenvalue weighted by atomic mass is 10.1. The second kappa shape index (κ2) is 5.90. The maximum absolute atomic E-state index is 12.3. The molecule has 1 aliphatic heterocycles. The van der Waals surface area contributed by atoms with Gasteiger partial charge < -0.3 is 14.8 Å². The summed E-state index contributed by atoms with van der Waals surface area (Å²) in [5.41, 5.74) is 2.39. The largest absolute Gasteiger partial charge is 0.361 e. The molecule has 112 valence electrons. The second-order valence-electron chi connectivity index (χ2n) is 6.11. The lowest BCUT2D eigenvalue weighted by Crippen LogP contribution is -2.34. The summed E-state index contributed by atoms with van der Waals surface area (Å²) >= 11 is 0. The standard InChI is InChI=1S/C17H23N3O/c1-19(2)14-9-10-20(12-14)17(21)8-7-13-11-18-16-6-4-3-5-15(13)16/h3-6,11,14,18H,7-10,12H2,1-2H3. The van der Waals surface area contributed by atoms with Crippen LogP contribution >= 0.6 is 0 Å². The summed E-state index contributed by atoms with van der Waals surface area (Å²) in [6, 6.07) is 8.78. The fourth-order valence-corrected chi connectivity index (χ4v) is 3.13. The molecule has 1 unspecified atom stereocenters. The van der Waals surface area contributed by atoms with Gasteiger partial charge >= 0.3 is 0 Å². The number of H-pyrrole nitrogens is 1. The van der Waals surface area contributed by atoms with Gasteiger partial charge in [-0.2, -0.15) is 0 Å². The lowest BCUT2D eigenvalue weighted by molar-refractivity contribution is -0.130. The molecule has 0 aliphatic carbocycles. The molecule has 21 heavy (non-hydrogen) atoms. The predicted octanol–water partition coefficient (Wildman–Crippen LogP) is 2.26. The van der Waals surface area contributed by atoms with Gasteiger partial charge in [0.15, 0.2) is 0 Å². The summed E-state index contributed by atoms with van der Waals surface area (Å²) < 4.78 is 0. The number of amides is 1. The summed E-state index contributed by atoms with van der Waals surface area (Å²) in [6.45, 7) is 1.77. The van der Waals surface area contributed by atoms with Crippen molar-refractivity contribution in [3.63, 3.8) is 0 Å². The third kappa shape index (κ3) is 2.95. The maximum atomic E-state index is 12.3. The number of likely N-dealkylation sites (N-methyl/N-ethyl adjacent to an activating group) is 1. The minimum Gasteiger partial charge on any atom is -0.361 e. The van der Waals surface area contributed by atoms with E-state index < -0.39 is 0 Å². The molecular formula is C17H23N3O. The molecule has 2 heterocycles. The third-order valence-electron chi connectivity index (χ3n) is 4.53. The Balaban J connectivity index is 1.59. The number of likely N-dealkylation sites (tertiary alicyclic amines) is 1. The zero-order valence-electron chi connectivity index (χ0n) is 12.8. The molecule has 1 atom stereocenters. The Kier molecular flexibility index (Phi) is 3.97. The molecule has 4 heteroatoms. The summed E-state index contributed by atoms with van der Waals surface area (Å²) in [5.74, 6) is 0.282. The highest BCUT2D eigenvalue weighted by atomic mass is 16.2. The van der Waals surface area contributed by atoms with E-state index in [1.165, 1.54) is 10.9 Å². The SMILES string of the molecule is CN(C)C1CCN(C(=O)CCc2c[nH]c3ccccc23)C1. The fraction of sp³-hybridized carbons (Fsp3) is 0.471. The van der Waals surface area contributed by atoms with Gasteiger partial charge in [-0.3, -0.25) is 4.79 Å². The van der Waals surface area contributed by atoms with Gasteiger partial charge in [-0.05, 0) is 38.6 Å². The monoisotopic (exact) mass is 285 g/mol. The Labute approximate surface area is 125 Å². The van der Waals surface area contributed by atoms with E-state index in [-0.39, 0.29) is 5.91 Å². The van der Waals surface area contributed by atoms with Crippen molar-refractivity contribution in [2.75, 3.05) is 27.2 Å². The van der Waals surface area contributed by atoms with Crippen LogP contribution in [-0.4, -0.2) is 53.9 Å². The average Bonchev–Trinajstić information content (AvgIpc) is 3.12. The maximum Gasteiger partial charge on any atom is 0.222 e. The first kappa shape index (κ1) is 14.1. The number of benzene rings is 1. The van der Waals surface area contributed by atoms with Crippen LogP contribution in [0.3, 0.4) is 0 Å². The Morgan fingerprint density at radius 2 is 2.19 bits per heavy atom. The van der Waals surface area contributed by atoms with E-state index in [2.05, 4.69) is 36.1 Å². The molecule has 0 radical (unpaired) electrons. The Hall–Kier alpha value is -1.81. The number of hydrogen-bond donors (Lipinski definition) is 1. The van der Waals surface area contributed by atoms with E-state index in [1.807, 2.05) is 23.2 Å². The third-order valence-corrected chi connectivity index (χ3v) is 4.53. The number of hydrogen-bond acceptors (Lipinski definition) is 2. The summed E-state index contributed by atoms with van der Waals surface area (Å²) in [5, 5.41) is 1.23. The minimum absolute atomic E-state index is 0.282. The predicted molar refractivity (Wildman–Crippen MR) is 85.3 cm³/mol. The van der Waals surface area contributed by atoms with Crippen LogP contribution in [0, 0.1) is 0 Å². The first-order chi connectivity index (χ1) is 10.1. The van der Waals surface area contributed by atoms with Crippen LogP contribution < -0.4 is 0 Å². The number of nitrogens with zero attached hydrogens (tertiary/aromatic N) is 2. The fourth-order valence-electron chi connectivity index (χ4n) is 3.13. The molecule has 0 spiro atoms. The van der Waals surface area contributed by atoms with Crippen LogP contribution in [0.4, 0.5) is 0 Å². The van der Waals surface area contributed by atoms with E-state index in [0.29, 0.717) is 12.5 Å². The van der Waals surface area contributed by atoms with Gasteiger partial charge in [0.2, 0.25) is 5.91 Å². The van der Waals surface area contributed by atoms with E-state index in [4.69, 9.17) is 0 Å². The summed E-state index contributed by atoms with van der Waals surface area (Å²) in [6.07, 6.45) is 4.53. The molecule has 1 saturated heterocycles. The first-order valence-electron chi connectivity index (χ1n) is 7.64. The topological polar surface area (TPSA) is 39.3 Å². The highest BCUT2D eigenvalue weighted by Crippen LogP contribution is 2.20. The second-order valence-corrected chi connectivity index (χ2v) is 6.11. The van der Waals surface area contributed by atoms with E-state index in [1.54, 1.807) is 0 Å². The summed E-state index contributed by atoms with van der Waals surface area (Å²) in [4.78, 5) is 19.8. The van der Waals surface area contributed by atoms with Gasteiger partial charge in [0.1, 0.15) is 0 Å². The quantitative estimate of drug-likeness (QED) is 0.936. The number of aromatic nitrogens is 1. The number of aromatic amines is 1.